The molecule has 5 heterocycles. The molecule has 2 N–H and O–H groups in total. The number of aromatic nitrogens is 5. The van der Waals surface area contributed by atoms with Gasteiger partial charge in [0, 0.05) is 25.4 Å². The van der Waals surface area contributed by atoms with Crippen LogP contribution in [0, 0.1) is 0 Å². The molecule has 0 aromatic carbocycles. The predicted molar refractivity (Wildman–Crippen MR) is 118 cm³/mol. The maximum atomic E-state index is 13.3. The Bertz CT molecular complexity index is 1270. The van der Waals surface area contributed by atoms with Crippen LogP contribution in [0.1, 0.15) is 23.8 Å². The van der Waals surface area contributed by atoms with Crippen molar-refractivity contribution >= 4 is 29.3 Å². The predicted octanol–water partition coefficient (Wildman–Crippen LogP) is 2.37. The summed E-state index contributed by atoms with van der Waals surface area (Å²) >= 11 is 0. The van der Waals surface area contributed by atoms with Gasteiger partial charge in [0.15, 0.2) is 5.82 Å². The molecular formula is C21H20F3N9O2. The summed E-state index contributed by atoms with van der Waals surface area (Å²) in [5.74, 6) is -0.512. The first-order valence-corrected chi connectivity index (χ1v) is 10.8. The lowest BCUT2D eigenvalue weighted by atomic mass is 10.1. The van der Waals surface area contributed by atoms with Gasteiger partial charge >= 0.3 is 12.2 Å². The van der Waals surface area contributed by atoms with Gasteiger partial charge in [0.25, 0.3) is 5.91 Å². The highest BCUT2D eigenvalue weighted by molar-refractivity contribution is 6.05. The Balaban J connectivity index is 1.42. The number of anilines is 3. The normalized spacial score (nSPS) is 17.7. The standard InChI is InChI=1S/C21H20F3N9O2/c1-12(21(22,23)24)27-19(34)15-2-3-16-18(28-15)33(14-5-8-31(16)11-14)20(35)29-17-10-13(4-6-25-17)32-9-7-26-30-32/h2-4,6-7,9-10,12,14H,5,8,11H2,1H3,(H,27,34)(H,25,29,35)/t12?,14-/m0/s1. The zero-order valence-corrected chi connectivity index (χ0v) is 18.4. The van der Waals surface area contributed by atoms with Crippen LogP contribution in [0.3, 0.4) is 0 Å². The lowest BCUT2D eigenvalue weighted by Gasteiger charge is -2.35. The van der Waals surface area contributed by atoms with Crippen molar-refractivity contribution in [1.29, 1.82) is 0 Å². The van der Waals surface area contributed by atoms with Gasteiger partial charge in [0.2, 0.25) is 0 Å². The number of nitrogens with zero attached hydrogens (tertiary/aromatic N) is 7. The number of carbonyl (C=O) groups excluding carboxylic acids is 2. The number of urea groups is 1. The second kappa shape index (κ2) is 8.52. The van der Waals surface area contributed by atoms with Crippen molar-refractivity contribution in [2.45, 2.75) is 31.6 Å². The van der Waals surface area contributed by atoms with Crippen LogP contribution in [0.25, 0.3) is 5.69 Å². The Kier molecular flexibility index (Phi) is 5.49. The second-order valence-corrected chi connectivity index (χ2v) is 8.21. The van der Waals surface area contributed by atoms with Crippen molar-refractivity contribution < 1.29 is 22.8 Å². The van der Waals surface area contributed by atoms with E-state index < -0.39 is 24.2 Å². The number of amides is 3. The van der Waals surface area contributed by atoms with Crippen LogP contribution < -0.4 is 20.4 Å². The van der Waals surface area contributed by atoms with Gasteiger partial charge in [-0.1, -0.05) is 5.21 Å². The van der Waals surface area contributed by atoms with E-state index in [2.05, 4.69) is 25.6 Å². The van der Waals surface area contributed by atoms with Gasteiger partial charge in [-0.05, 0) is 31.5 Å². The Labute approximate surface area is 196 Å². The number of hydrogen-bond acceptors (Lipinski definition) is 7. The van der Waals surface area contributed by atoms with Crippen LogP contribution in [0.5, 0.6) is 0 Å². The maximum absolute atomic E-state index is 13.3. The van der Waals surface area contributed by atoms with E-state index in [1.165, 1.54) is 28.0 Å². The number of pyridine rings is 2. The molecule has 2 aliphatic heterocycles. The molecule has 2 bridgehead atoms. The zero-order chi connectivity index (χ0) is 24.7. The quantitative estimate of drug-likeness (QED) is 0.580. The number of nitrogens with one attached hydrogen (secondary N) is 2. The largest absolute Gasteiger partial charge is 0.408 e. The van der Waals surface area contributed by atoms with Crippen molar-refractivity contribution in [3.05, 3.63) is 48.5 Å². The molecule has 35 heavy (non-hydrogen) atoms. The first kappa shape index (κ1) is 22.6. The minimum atomic E-state index is -4.59. The van der Waals surface area contributed by atoms with Gasteiger partial charge < -0.3 is 10.2 Å². The van der Waals surface area contributed by atoms with E-state index in [9.17, 15) is 22.8 Å². The summed E-state index contributed by atoms with van der Waals surface area (Å²) in [6.45, 7) is 2.10. The molecule has 3 aromatic heterocycles. The van der Waals surface area contributed by atoms with E-state index in [0.29, 0.717) is 30.9 Å². The fourth-order valence-electron chi connectivity index (χ4n) is 4.10. The van der Waals surface area contributed by atoms with E-state index in [1.54, 1.807) is 24.4 Å². The fraction of sp³-hybridized carbons (Fsp3) is 0.333. The number of rotatable bonds is 4. The Morgan fingerprint density at radius 3 is 2.77 bits per heavy atom. The first-order chi connectivity index (χ1) is 16.7. The van der Waals surface area contributed by atoms with Crippen LogP contribution in [0.15, 0.2) is 42.9 Å². The summed E-state index contributed by atoms with van der Waals surface area (Å²) in [6.07, 6.45) is 0.753. The fourth-order valence-corrected chi connectivity index (χ4v) is 4.10. The summed E-state index contributed by atoms with van der Waals surface area (Å²) in [6, 6.07) is 3.49. The Morgan fingerprint density at radius 2 is 2.03 bits per heavy atom. The summed E-state index contributed by atoms with van der Waals surface area (Å²) in [5, 5.41) is 12.3. The van der Waals surface area contributed by atoms with E-state index in [-0.39, 0.29) is 23.4 Å². The molecule has 0 aliphatic carbocycles. The minimum absolute atomic E-state index is 0.205. The molecule has 3 amide bonds. The molecule has 11 nitrogen and oxygen atoms in total. The maximum Gasteiger partial charge on any atom is 0.408 e. The minimum Gasteiger partial charge on any atom is -0.366 e. The summed E-state index contributed by atoms with van der Waals surface area (Å²) in [4.78, 5) is 37.7. The molecule has 0 spiro atoms. The Morgan fingerprint density at radius 1 is 1.20 bits per heavy atom. The molecule has 0 saturated carbocycles. The van der Waals surface area contributed by atoms with Crippen molar-refractivity contribution in [1.82, 2.24) is 30.3 Å². The monoisotopic (exact) mass is 487 g/mol. The Hall–Kier alpha value is -4.23. The van der Waals surface area contributed by atoms with Crippen LogP contribution in [0.4, 0.5) is 35.3 Å². The van der Waals surface area contributed by atoms with Crippen molar-refractivity contribution in [3.8, 4) is 5.69 Å². The van der Waals surface area contributed by atoms with Crippen LogP contribution >= 0.6 is 0 Å². The highest BCUT2D eigenvalue weighted by Crippen LogP contribution is 2.39. The molecule has 14 heteroatoms. The molecule has 1 unspecified atom stereocenters. The van der Waals surface area contributed by atoms with Gasteiger partial charge in [-0.2, -0.15) is 13.2 Å². The number of halogens is 3. The molecule has 2 atom stereocenters. The highest BCUT2D eigenvalue weighted by atomic mass is 19.4. The molecule has 1 saturated heterocycles. The molecule has 1 fully saturated rings. The van der Waals surface area contributed by atoms with Gasteiger partial charge in [-0.25, -0.2) is 19.4 Å². The topological polar surface area (TPSA) is 121 Å². The van der Waals surface area contributed by atoms with E-state index in [0.717, 1.165) is 6.92 Å². The van der Waals surface area contributed by atoms with Crippen LogP contribution in [-0.4, -0.2) is 68.2 Å². The van der Waals surface area contributed by atoms with Crippen LogP contribution in [0.2, 0.25) is 0 Å². The molecule has 182 valence electrons. The van der Waals surface area contributed by atoms with Crippen molar-refractivity contribution in [2.75, 3.05) is 28.2 Å². The summed E-state index contributed by atoms with van der Waals surface area (Å²) < 4.78 is 40.2. The molecule has 3 aromatic rings. The lowest BCUT2D eigenvalue weighted by molar-refractivity contribution is -0.149. The number of fused-ring (bicyclic) bond motifs is 4. The number of alkyl halides is 3. The average Bonchev–Trinajstić information content (AvgIpc) is 3.50. The van der Waals surface area contributed by atoms with E-state index in [4.69, 9.17) is 0 Å². The number of carbonyl (C=O) groups is 2. The molecular weight excluding hydrogens is 467 g/mol. The van der Waals surface area contributed by atoms with Gasteiger partial charge in [-0.15, -0.1) is 5.10 Å². The third kappa shape index (κ3) is 4.34. The molecule has 2 aliphatic rings. The number of hydrogen-bond donors (Lipinski definition) is 2. The van der Waals surface area contributed by atoms with E-state index in [1.807, 2.05) is 10.2 Å². The summed E-state index contributed by atoms with van der Waals surface area (Å²) in [5.41, 5.74) is 1.04. The second-order valence-electron chi connectivity index (χ2n) is 8.21. The third-order valence-corrected chi connectivity index (χ3v) is 5.91. The average molecular weight is 487 g/mol. The summed E-state index contributed by atoms with van der Waals surface area (Å²) in [7, 11) is 0. The molecule has 5 rings (SSSR count). The van der Waals surface area contributed by atoms with Crippen molar-refractivity contribution in [2.24, 2.45) is 0 Å². The SMILES string of the molecule is CC(NC(=O)c1ccc2c(n1)N(C(=O)Nc1cc(-n3ccnn3)ccn1)[C@H]1CCN2C1)C(F)(F)F. The van der Waals surface area contributed by atoms with Gasteiger partial charge in [-0.3, -0.25) is 15.0 Å². The highest BCUT2D eigenvalue weighted by Gasteiger charge is 2.41. The molecule has 0 radical (unpaired) electrons. The lowest BCUT2D eigenvalue weighted by Crippen LogP contribution is -2.49. The van der Waals surface area contributed by atoms with Crippen molar-refractivity contribution in [3.63, 3.8) is 0 Å². The van der Waals surface area contributed by atoms with E-state index >= 15 is 0 Å². The van der Waals surface area contributed by atoms with Gasteiger partial charge in [0.1, 0.15) is 17.6 Å². The van der Waals surface area contributed by atoms with Gasteiger partial charge in [0.05, 0.1) is 29.8 Å². The smallest absolute Gasteiger partial charge is 0.366 e. The third-order valence-electron chi connectivity index (χ3n) is 5.91. The zero-order valence-electron chi connectivity index (χ0n) is 18.4. The first-order valence-electron chi connectivity index (χ1n) is 10.8. The van der Waals surface area contributed by atoms with Crippen LogP contribution in [-0.2, 0) is 0 Å².